The Labute approximate surface area is 93.6 Å². The zero-order valence-corrected chi connectivity index (χ0v) is 9.60. The van der Waals surface area contributed by atoms with E-state index in [-0.39, 0.29) is 6.04 Å². The molecular weight excluding hydrogens is 210 g/mol. The van der Waals surface area contributed by atoms with E-state index < -0.39 is 0 Å². The molecule has 0 radical (unpaired) electrons. The molecule has 0 aliphatic heterocycles. The van der Waals surface area contributed by atoms with E-state index in [1.807, 2.05) is 26.0 Å². The van der Waals surface area contributed by atoms with Gasteiger partial charge in [0, 0.05) is 11.1 Å². The molecule has 80 valence electrons. The first-order valence-electron chi connectivity index (χ1n) is 4.96. The third kappa shape index (κ3) is 2.13. The second-order valence-corrected chi connectivity index (χ2v) is 4.37. The highest BCUT2D eigenvalue weighted by Gasteiger charge is 2.07. The molecule has 1 aromatic heterocycles. The molecule has 0 saturated heterocycles. The highest BCUT2D eigenvalue weighted by atomic mass is 35.5. The van der Waals surface area contributed by atoms with Gasteiger partial charge in [-0.1, -0.05) is 11.6 Å². The highest BCUT2D eigenvalue weighted by molar-refractivity contribution is 6.32. The molecule has 2 rings (SSSR count). The quantitative estimate of drug-likeness (QED) is 0.822. The minimum Gasteiger partial charge on any atom is -0.342 e. The Morgan fingerprint density at radius 2 is 2.27 bits per heavy atom. The van der Waals surface area contributed by atoms with Crippen LogP contribution < -0.4 is 5.73 Å². The van der Waals surface area contributed by atoms with E-state index in [2.05, 4.69) is 9.97 Å². The molecular formula is C11H14ClN3. The maximum atomic E-state index is 6.15. The monoisotopic (exact) mass is 223 g/mol. The van der Waals surface area contributed by atoms with Crippen LogP contribution in [-0.4, -0.2) is 16.0 Å². The Kier molecular flexibility index (Phi) is 2.67. The second kappa shape index (κ2) is 3.83. The zero-order valence-electron chi connectivity index (χ0n) is 8.84. The molecule has 0 amide bonds. The largest absolute Gasteiger partial charge is 0.342 e. The Morgan fingerprint density at radius 1 is 1.53 bits per heavy atom. The van der Waals surface area contributed by atoms with Crippen molar-refractivity contribution in [1.29, 1.82) is 0 Å². The summed E-state index contributed by atoms with van der Waals surface area (Å²) in [6.07, 6.45) is 0.785. The highest BCUT2D eigenvalue weighted by Crippen LogP contribution is 2.23. The van der Waals surface area contributed by atoms with Crippen LogP contribution in [0.1, 0.15) is 18.3 Å². The number of nitrogens with zero attached hydrogens (tertiary/aromatic N) is 1. The van der Waals surface area contributed by atoms with Crippen LogP contribution in [0.5, 0.6) is 0 Å². The Bertz CT molecular complexity index is 488. The van der Waals surface area contributed by atoms with Gasteiger partial charge in [0.05, 0.1) is 11.0 Å². The van der Waals surface area contributed by atoms with Crippen molar-refractivity contribution in [1.82, 2.24) is 9.97 Å². The van der Waals surface area contributed by atoms with Gasteiger partial charge >= 0.3 is 0 Å². The number of benzene rings is 1. The lowest BCUT2D eigenvalue weighted by Gasteiger charge is -2.07. The van der Waals surface area contributed by atoms with Crippen molar-refractivity contribution in [3.8, 4) is 0 Å². The van der Waals surface area contributed by atoms with Gasteiger partial charge in [-0.05, 0) is 38.0 Å². The number of aromatic nitrogens is 2. The summed E-state index contributed by atoms with van der Waals surface area (Å²) in [7, 11) is 0. The summed E-state index contributed by atoms with van der Waals surface area (Å²) in [5, 5.41) is 0.742. The SMILES string of the molecule is Cc1nc2cc(Cl)c(CC(C)N)cc2[nH]1. The van der Waals surface area contributed by atoms with Gasteiger partial charge in [0.15, 0.2) is 0 Å². The van der Waals surface area contributed by atoms with Crippen LogP contribution in [-0.2, 0) is 6.42 Å². The Morgan fingerprint density at radius 3 is 2.93 bits per heavy atom. The van der Waals surface area contributed by atoms with Crippen LogP contribution in [0.4, 0.5) is 0 Å². The van der Waals surface area contributed by atoms with E-state index in [9.17, 15) is 0 Å². The molecule has 2 aromatic rings. The van der Waals surface area contributed by atoms with Crippen molar-refractivity contribution in [2.45, 2.75) is 26.3 Å². The average molecular weight is 224 g/mol. The van der Waals surface area contributed by atoms with Crippen molar-refractivity contribution in [2.24, 2.45) is 5.73 Å². The number of rotatable bonds is 2. The van der Waals surface area contributed by atoms with E-state index in [4.69, 9.17) is 17.3 Å². The van der Waals surface area contributed by atoms with Crippen molar-refractivity contribution in [2.75, 3.05) is 0 Å². The third-order valence-electron chi connectivity index (χ3n) is 2.31. The number of imidazole rings is 1. The van der Waals surface area contributed by atoms with Gasteiger partial charge in [0.2, 0.25) is 0 Å². The molecule has 0 aliphatic carbocycles. The summed E-state index contributed by atoms with van der Waals surface area (Å²) < 4.78 is 0. The van der Waals surface area contributed by atoms with Crippen LogP contribution in [0.25, 0.3) is 11.0 Å². The lowest BCUT2D eigenvalue weighted by molar-refractivity contribution is 0.739. The number of aryl methyl sites for hydroxylation is 1. The minimum absolute atomic E-state index is 0.115. The topological polar surface area (TPSA) is 54.7 Å². The fraction of sp³-hybridized carbons (Fsp3) is 0.364. The molecule has 0 saturated carbocycles. The summed E-state index contributed by atoms with van der Waals surface area (Å²) in [6, 6.07) is 4.03. The predicted octanol–water partition coefficient (Wildman–Crippen LogP) is 2.41. The van der Waals surface area contributed by atoms with Crippen LogP contribution >= 0.6 is 11.6 Å². The van der Waals surface area contributed by atoms with Crippen molar-refractivity contribution < 1.29 is 0 Å². The summed E-state index contributed by atoms with van der Waals surface area (Å²) in [4.78, 5) is 7.51. The maximum absolute atomic E-state index is 6.15. The second-order valence-electron chi connectivity index (χ2n) is 3.96. The number of nitrogens with two attached hydrogens (primary N) is 1. The van der Waals surface area contributed by atoms with Gasteiger partial charge in [0.1, 0.15) is 5.82 Å². The van der Waals surface area contributed by atoms with E-state index in [0.29, 0.717) is 0 Å². The zero-order chi connectivity index (χ0) is 11.0. The number of hydrogen-bond acceptors (Lipinski definition) is 2. The van der Waals surface area contributed by atoms with Gasteiger partial charge in [-0.3, -0.25) is 0 Å². The van der Waals surface area contributed by atoms with Crippen LogP contribution in [0, 0.1) is 6.92 Å². The number of nitrogens with one attached hydrogen (secondary N) is 1. The van der Waals surface area contributed by atoms with E-state index in [1.54, 1.807) is 0 Å². The molecule has 1 heterocycles. The Hall–Kier alpha value is -1.06. The first-order valence-corrected chi connectivity index (χ1v) is 5.34. The summed E-state index contributed by atoms with van der Waals surface area (Å²) in [5.74, 6) is 0.902. The number of halogens is 1. The molecule has 1 atom stereocenters. The normalized spacial score (nSPS) is 13.3. The van der Waals surface area contributed by atoms with Gasteiger partial charge in [-0.15, -0.1) is 0 Å². The first kappa shape index (κ1) is 10.5. The van der Waals surface area contributed by atoms with Gasteiger partial charge in [0.25, 0.3) is 0 Å². The summed E-state index contributed by atoms with van der Waals surface area (Å²) in [6.45, 7) is 3.90. The standard InChI is InChI=1S/C11H14ClN3/c1-6(13)3-8-4-10-11(5-9(8)12)15-7(2)14-10/h4-6H,3,13H2,1-2H3,(H,14,15). The average Bonchev–Trinajstić information content (AvgIpc) is 2.44. The van der Waals surface area contributed by atoms with Gasteiger partial charge in [-0.2, -0.15) is 0 Å². The molecule has 1 aromatic carbocycles. The van der Waals surface area contributed by atoms with Crippen molar-refractivity contribution >= 4 is 22.6 Å². The molecule has 4 heteroatoms. The fourth-order valence-electron chi connectivity index (χ4n) is 1.71. The predicted molar refractivity (Wildman–Crippen MR) is 63.2 cm³/mol. The molecule has 0 aliphatic rings. The molecule has 1 unspecified atom stereocenters. The Balaban J connectivity index is 2.51. The number of aromatic amines is 1. The first-order chi connectivity index (χ1) is 7.06. The molecule has 0 spiro atoms. The van der Waals surface area contributed by atoms with Crippen molar-refractivity contribution in [3.05, 3.63) is 28.5 Å². The smallest absolute Gasteiger partial charge is 0.104 e. The molecule has 0 fully saturated rings. The fourth-order valence-corrected chi connectivity index (χ4v) is 1.94. The van der Waals surface area contributed by atoms with Gasteiger partial charge in [-0.25, -0.2) is 4.98 Å². The third-order valence-corrected chi connectivity index (χ3v) is 2.66. The number of hydrogen-bond donors (Lipinski definition) is 2. The minimum atomic E-state index is 0.115. The molecule has 3 nitrogen and oxygen atoms in total. The van der Waals surface area contributed by atoms with E-state index in [1.165, 1.54) is 0 Å². The van der Waals surface area contributed by atoms with Crippen LogP contribution in [0.15, 0.2) is 12.1 Å². The maximum Gasteiger partial charge on any atom is 0.104 e. The van der Waals surface area contributed by atoms with Crippen molar-refractivity contribution in [3.63, 3.8) is 0 Å². The number of fused-ring (bicyclic) bond motifs is 1. The lowest BCUT2D eigenvalue weighted by atomic mass is 10.1. The lowest BCUT2D eigenvalue weighted by Crippen LogP contribution is -2.17. The molecule has 15 heavy (non-hydrogen) atoms. The van der Waals surface area contributed by atoms with E-state index in [0.717, 1.165) is 33.9 Å². The van der Waals surface area contributed by atoms with E-state index >= 15 is 0 Å². The molecule has 3 N–H and O–H groups in total. The summed E-state index contributed by atoms with van der Waals surface area (Å²) in [5.41, 5.74) is 8.76. The van der Waals surface area contributed by atoms with Crippen LogP contribution in [0.2, 0.25) is 5.02 Å². The molecule has 0 bridgehead atoms. The van der Waals surface area contributed by atoms with Crippen LogP contribution in [0.3, 0.4) is 0 Å². The van der Waals surface area contributed by atoms with Gasteiger partial charge < -0.3 is 10.7 Å². The summed E-state index contributed by atoms with van der Waals surface area (Å²) >= 11 is 6.15. The number of H-pyrrole nitrogens is 1.